The predicted molar refractivity (Wildman–Crippen MR) is 194 cm³/mol. The molecule has 0 N–H and O–H groups in total. The Morgan fingerprint density at radius 2 is 0.962 bits per heavy atom. The van der Waals surface area contributed by atoms with Gasteiger partial charge in [-0.15, -0.1) is 0 Å². The number of ether oxygens (including phenoxy) is 2. The molecule has 2 heterocycles. The summed E-state index contributed by atoms with van der Waals surface area (Å²) in [4.78, 5) is 81.4. The Kier molecular flexibility index (Phi) is 9.44. The Hall–Kier alpha value is -5.90. The smallest absolute Gasteiger partial charge is 0.343 e. The first-order valence-corrected chi connectivity index (χ1v) is 17.5. The van der Waals surface area contributed by atoms with Gasteiger partial charge in [0.05, 0.1) is 39.1 Å². The van der Waals surface area contributed by atoms with Crippen LogP contribution in [0.5, 0.6) is 11.5 Å². The van der Waals surface area contributed by atoms with E-state index in [9.17, 15) is 28.8 Å². The van der Waals surface area contributed by atoms with Gasteiger partial charge in [-0.3, -0.25) is 24.1 Å². The Morgan fingerprint density at radius 3 is 1.42 bits per heavy atom. The summed E-state index contributed by atoms with van der Waals surface area (Å²) < 4.78 is 11.0. The zero-order chi connectivity index (χ0) is 37.5. The van der Waals surface area contributed by atoms with Gasteiger partial charge >= 0.3 is 11.9 Å². The van der Waals surface area contributed by atoms with E-state index in [2.05, 4.69) is 20.8 Å². The molecular formula is C42H40N2O8. The van der Waals surface area contributed by atoms with Gasteiger partial charge in [-0.05, 0) is 116 Å². The van der Waals surface area contributed by atoms with E-state index in [-0.39, 0.29) is 56.2 Å². The first kappa shape index (κ1) is 35.9. The Bertz CT molecular complexity index is 2130. The van der Waals surface area contributed by atoms with Crippen molar-refractivity contribution in [1.82, 2.24) is 4.90 Å². The monoisotopic (exact) mass is 700 g/mol. The molecule has 0 saturated heterocycles. The van der Waals surface area contributed by atoms with E-state index >= 15 is 0 Å². The maximum atomic E-state index is 13.4. The number of imide groups is 2. The number of hydrogen-bond donors (Lipinski definition) is 0. The van der Waals surface area contributed by atoms with E-state index in [1.54, 1.807) is 12.1 Å². The lowest BCUT2D eigenvalue weighted by Crippen LogP contribution is -2.48. The van der Waals surface area contributed by atoms with Crippen LogP contribution in [0.4, 0.5) is 5.69 Å². The van der Waals surface area contributed by atoms with Gasteiger partial charge in [-0.2, -0.15) is 0 Å². The number of amides is 4. The fourth-order valence-corrected chi connectivity index (χ4v) is 6.61. The highest BCUT2D eigenvalue weighted by atomic mass is 16.5. The number of carbonyl (C=O) groups excluding carboxylic acids is 6. The molecule has 4 aromatic carbocycles. The number of nitrogens with zero attached hydrogens (tertiary/aromatic N) is 2. The second-order valence-corrected chi connectivity index (χ2v) is 13.7. The number of benzene rings is 4. The first-order chi connectivity index (χ1) is 24.8. The van der Waals surface area contributed by atoms with E-state index in [0.717, 1.165) is 23.3 Å². The second-order valence-electron chi connectivity index (χ2n) is 13.7. The number of fused-ring (bicyclic) bond motifs is 2. The third-order valence-electron chi connectivity index (χ3n) is 10.9. The van der Waals surface area contributed by atoms with Crippen molar-refractivity contribution in [2.45, 2.75) is 78.2 Å². The minimum absolute atomic E-state index is 0.0101. The van der Waals surface area contributed by atoms with Gasteiger partial charge in [0.25, 0.3) is 23.6 Å². The van der Waals surface area contributed by atoms with Crippen molar-refractivity contribution < 1.29 is 38.2 Å². The van der Waals surface area contributed by atoms with Crippen molar-refractivity contribution in [3.63, 3.8) is 0 Å². The molecule has 266 valence electrons. The average molecular weight is 701 g/mol. The van der Waals surface area contributed by atoms with Crippen LogP contribution >= 0.6 is 0 Å². The number of rotatable bonds is 11. The molecule has 10 nitrogen and oxygen atoms in total. The summed E-state index contributed by atoms with van der Waals surface area (Å²) in [5.74, 6) is -3.00. The number of hydrogen-bond acceptors (Lipinski definition) is 8. The third-order valence-corrected chi connectivity index (χ3v) is 10.9. The summed E-state index contributed by atoms with van der Waals surface area (Å²) in [6.45, 7) is 12.1. The molecule has 0 unspecified atom stereocenters. The van der Waals surface area contributed by atoms with Crippen LogP contribution in [-0.4, -0.2) is 46.0 Å². The highest BCUT2D eigenvalue weighted by Gasteiger charge is 2.45. The average Bonchev–Trinajstić information content (AvgIpc) is 3.58. The van der Waals surface area contributed by atoms with Gasteiger partial charge in [0, 0.05) is 5.54 Å². The Morgan fingerprint density at radius 1 is 0.538 bits per heavy atom. The van der Waals surface area contributed by atoms with E-state index < -0.39 is 35.2 Å². The zero-order valence-corrected chi connectivity index (χ0v) is 30.1. The fourth-order valence-electron chi connectivity index (χ4n) is 6.61. The van der Waals surface area contributed by atoms with Gasteiger partial charge in [-0.25, -0.2) is 14.5 Å². The molecule has 0 saturated carbocycles. The summed E-state index contributed by atoms with van der Waals surface area (Å²) in [6, 6.07) is 21.7. The zero-order valence-electron chi connectivity index (χ0n) is 30.1. The Balaban J connectivity index is 1.11. The topological polar surface area (TPSA) is 127 Å². The highest BCUT2D eigenvalue weighted by molar-refractivity contribution is 6.34. The van der Waals surface area contributed by atoms with Crippen molar-refractivity contribution in [3.05, 3.63) is 124 Å². The molecule has 6 rings (SSSR count). The Labute approximate surface area is 302 Å². The van der Waals surface area contributed by atoms with E-state index in [1.165, 1.54) is 65.6 Å². The summed E-state index contributed by atoms with van der Waals surface area (Å²) >= 11 is 0. The quantitative estimate of drug-likeness (QED) is 0.0871. The molecule has 4 aromatic rings. The minimum atomic E-state index is -0.748. The standard InChI is InChI=1S/C42H40N2O8/c1-7-41(5,8-2)27-13-15-28(16-14-27)43-35(45)31-21-11-25(23-33(31)36(43)46)39(49)51-29-17-19-30(20-18-29)52-40(50)26-12-22-32-34(24-26)38(48)44(37(32)47)42(6,9-3)10-4/h11-24H,7-10H2,1-6H3. The van der Waals surface area contributed by atoms with Crippen molar-refractivity contribution in [3.8, 4) is 11.5 Å². The lowest BCUT2D eigenvalue weighted by molar-refractivity contribution is 0.0433. The van der Waals surface area contributed by atoms with Gasteiger partial charge in [0.1, 0.15) is 11.5 Å². The van der Waals surface area contributed by atoms with Crippen LogP contribution < -0.4 is 14.4 Å². The summed E-state index contributed by atoms with van der Waals surface area (Å²) in [7, 11) is 0. The lowest BCUT2D eigenvalue weighted by atomic mass is 9.78. The molecule has 0 bridgehead atoms. The van der Waals surface area contributed by atoms with Gasteiger partial charge in [-0.1, -0.05) is 46.8 Å². The molecule has 10 heteroatoms. The van der Waals surface area contributed by atoms with E-state index in [1.807, 2.05) is 32.9 Å². The van der Waals surface area contributed by atoms with Crippen LogP contribution in [0, 0.1) is 0 Å². The number of anilines is 1. The molecule has 2 aliphatic heterocycles. The maximum absolute atomic E-state index is 13.4. The van der Waals surface area contributed by atoms with E-state index in [4.69, 9.17) is 9.47 Å². The summed E-state index contributed by atoms with van der Waals surface area (Å²) in [5.41, 5.74) is 1.80. The number of esters is 2. The second kappa shape index (κ2) is 13.7. The van der Waals surface area contributed by atoms with Crippen LogP contribution in [-0.2, 0) is 5.41 Å². The van der Waals surface area contributed by atoms with Crippen molar-refractivity contribution in [1.29, 1.82) is 0 Å². The molecule has 4 amide bonds. The van der Waals surface area contributed by atoms with Crippen LogP contribution in [0.15, 0.2) is 84.9 Å². The molecule has 0 spiro atoms. The molecular weight excluding hydrogens is 660 g/mol. The van der Waals surface area contributed by atoms with Crippen LogP contribution in [0.3, 0.4) is 0 Å². The van der Waals surface area contributed by atoms with Gasteiger partial charge in [0.2, 0.25) is 0 Å². The maximum Gasteiger partial charge on any atom is 0.343 e. The van der Waals surface area contributed by atoms with Crippen LogP contribution in [0.1, 0.15) is 135 Å². The molecule has 0 fully saturated rings. The van der Waals surface area contributed by atoms with Crippen LogP contribution in [0.25, 0.3) is 0 Å². The fraction of sp³-hybridized carbons (Fsp3) is 0.286. The third kappa shape index (κ3) is 6.08. The minimum Gasteiger partial charge on any atom is -0.423 e. The molecule has 0 atom stereocenters. The summed E-state index contributed by atoms with van der Waals surface area (Å²) in [6.07, 6.45) is 3.09. The van der Waals surface area contributed by atoms with Crippen molar-refractivity contribution in [2.75, 3.05) is 4.90 Å². The van der Waals surface area contributed by atoms with Gasteiger partial charge in [0.15, 0.2) is 0 Å². The highest BCUT2D eigenvalue weighted by Crippen LogP contribution is 2.36. The number of carbonyl (C=O) groups is 6. The molecule has 52 heavy (non-hydrogen) atoms. The first-order valence-electron chi connectivity index (χ1n) is 17.5. The molecule has 0 radical (unpaired) electrons. The molecule has 0 aromatic heterocycles. The summed E-state index contributed by atoms with van der Waals surface area (Å²) in [5, 5.41) is 0. The largest absolute Gasteiger partial charge is 0.423 e. The van der Waals surface area contributed by atoms with Gasteiger partial charge < -0.3 is 9.47 Å². The van der Waals surface area contributed by atoms with E-state index in [0.29, 0.717) is 18.5 Å². The molecule has 2 aliphatic rings. The van der Waals surface area contributed by atoms with Crippen molar-refractivity contribution >= 4 is 41.3 Å². The normalized spacial score (nSPS) is 14.1. The lowest BCUT2D eigenvalue weighted by Gasteiger charge is -2.35. The molecule has 0 aliphatic carbocycles. The van der Waals surface area contributed by atoms with Crippen molar-refractivity contribution in [2.24, 2.45) is 0 Å². The van der Waals surface area contributed by atoms with Crippen LogP contribution in [0.2, 0.25) is 0 Å². The predicted octanol–water partition coefficient (Wildman–Crippen LogP) is 8.18. The SMILES string of the molecule is CCC(C)(CC)c1ccc(N2C(=O)c3ccc(C(=O)Oc4ccc(OC(=O)c5ccc6c(c5)C(=O)N(C(C)(CC)CC)C6=O)cc4)cc3C2=O)cc1.